The van der Waals surface area contributed by atoms with Crippen molar-refractivity contribution < 1.29 is 5.11 Å². The molecule has 0 aliphatic rings. The zero-order valence-electron chi connectivity index (χ0n) is 9.90. The van der Waals surface area contributed by atoms with Gasteiger partial charge in [0.1, 0.15) is 0 Å². The molecule has 1 aromatic rings. The van der Waals surface area contributed by atoms with Gasteiger partial charge in [0.15, 0.2) is 0 Å². The van der Waals surface area contributed by atoms with E-state index in [9.17, 15) is 0 Å². The summed E-state index contributed by atoms with van der Waals surface area (Å²) in [6.45, 7) is 6.38. The molecule has 0 aliphatic carbocycles. The Labute approximate surface area is 92.5 Å². The molecule has 0 spiro atoms. The molecule has 0 fully saturated rings. The SMILES string of the molecule is CN(CCO)CC(C)(C)c1ccccc1. The van der Waals surface area contributed by atoms with Crippen molar-refractivity contribution in [2.24, 2.45) is 0 Å². The van der Waals surface area contributed by atoms with Crippen LogP contribution in [0, 0.1) is 0 Å². The molecule has 0 heterocycles. The molecule has 2 nitrogen and oxygen atoms in total. The third-order valence-electron chi connectivity index (χ3n) is 2.70. The first kappa shape index (κ1) is 12.2. The van der Waals surface area contributed by atoms with Crippen LogP contribution in [-0.2, 0) is 5.41 Å². The molecule has 0 aliphatic heterocycles. The van der Waals surface area contributed by atoms with Gasteiger partial charge in [-0.15, -0.1) is 0 Å². The first-order valence-electron chi connectivity index (χ1n) is 5.41. The van der Waals surface area contributed by atoms with E-state index in [1.807, 2.05) is 13.1 Å². The van der Waals surface area contributed by atoms with Gasteiger partial charge in [-0.2, -0.15) is 0 Å². The Morgan fingerprint density at radius 3 is 2.33 bits per heavy atom. The summed E-state index contributed by atoms with van der Waals surface area (Å²) in [6.07, 6.45) is 0. The summed E-state index contributed by atoms with van der Waals surface area (Å²) >= 11 is 0. The maximum atomic E-state index is 8.86. The fourth-order valence-corrected chi connectivity index (χ4v) is 1.91. The highest BCUT2D eigenvalue weighted by atomic mass is 16.3. The number of hydrogen-bond acceptors (Lipinski definition) is 2. The first-order chi connectivity index (χ1) is 7.06. The molecule has 1 aromatic carbocycles. The standard InChI is InChI=1S/C13H21NO/c1-13(2,11-14(3)9-10-15)12-7-5-4-6-8-12/h4-8,15H,9-11H2,1-3H3. The fourth-order valence-electron chi connectivity index (χ4n) is 1.91. The topological polar surface area (TPSA) is 23.5 Å². The Bertz CT molecular complexity index is 282. The molecule has 15 heavy (non-hydrogen) atoms. The number of rotatable bonds is 5. The van der Waals surface area contributed by atoms with E-state index in [1.54, 1.807) is 0 Å². The quantitative estimate of drug-likeness (QED) is 0.797. The van der Waals surface area contributed by atoms with E-state index in [2.05, 4.69) is 43.0 Å². The molecule has 1 rings (SSSR count). The van der Waals surface area contributed by atoms with Crippen LogP contribution < -0.4 is 0 Å². The van der Waals surface area contributed by atoms with Gasteiger partial charge in [-0.3, -0.25) is 0 Å². The van der Waals surface area contributed by atoms with Crippen molar-refractivity contribution in [2.75, 3.05) is 26.7 Å². The van der Waals surface area contributed by atoms with Crippen LogP contribution in [0.25, 0.3) is 0 Å². The Hall–Kier alpha value is -0.860. The highest BCUT2D eigenvalue weighted by Gasteiger charge is 2.21. The van der Waals surface area contributed by atoms with E-state index in [0.29, 0.717) is 0 Å². The van der Waals surface area contributed by atoms with Gasteiger partial charge in [-0.05, 0) is 12.6 Å². The minimum atomic E-state index is 0.130. The van der Waals surface area contributed by atoms with Gasteiger partial charge in [-0.25, -0.2) is 0 Å². The first-order valence-corrected chi connectivity index (χ1v) is 5.41. The van der Waals surface area contributed by atoms with Crippen LogP contribution >= 0.6 is 0 Å². The van der Waals surface area contributed by atoms with Crippen molar-refractivity contribution in [3.8, 4) is 0 Å². The molecule has 1 N–H and O–H groups in total. The summed E-state index contributed by atoms with van der Waals surface area (Å²) in [5, 5.41) is 8.86. The van der Waals surface area contributed by atoms with E-state index < -0.39 is 0 Å². The normalized spacial score (nSPS) is 12.1. The molecular formula is C13H21NO. The molecule has 0 saturated carbocycles. The molecule has 84 valence electrons. The largest absolute Gasteiger partial charge is 0.395 e. The van der Waals surface area contributed by atoms with E-state index in [1.165, 1.54) is 5.56 Å². The highest BCUT2D eigenvalue weighted by molar-refractivity contribution is 5.23. The lowest BCUT2D eigenvalue weighted by Crippen LogP contribution is -2.36. The van der Waals surface area contributed by atoms with Crippen molar-refractivity contribution in [2.45, 2.75) is 19.3 Å². The molecule has 2 heteroatoms. The second-order valence-electron chi connectivity index (χ2n) is 4.71. The molecule has 0 aromatic heterocycles. The lowest BCUT2D eigenvalue weighted by molar-refractivity contribution is 0.198. The van der Waals surface area contributed by atoms with E-state index >= 15 is 0 Å². The van der Waals surface area contributed by atoms with Gasteiger partial charge in [0.25, 0.3) is 0 Å². The monoisotopic (exact) mass is 207 g/mol. The molecular weight excluding hydrogens is 186 g/mol. The molecule has 0 radical (unpaired) electrons. The van der Waals surface area contributed by atoms with E-state index in [0.717, 1.165) is 13.1 Å². The Morgan fingerprint density at radius 1 is 1.20 bits per heavy atom. The van der Waals surface area contributed by atoms with Crippen LogP contribution in [0.1, 0.15) is 19.4 Å². The van der Waals surface area contributed by atoms with Crippen molar-refractivity contribution in [3.05, 3.63) is 35.9 Å². The number of nitrogens with zero attached hydrogens (tertiary/aromatic N) is 1. The van der Waals surface area contributed by atoms with Crippen LogP contribution in [0.3, 0.4) is 0 Å². The molecule has 0 amide bonds. The third-order valence-corrected chi connectivity index (χ3v) is 2.70. The molecule has 0 unspecified atom stereocenters. The summed E-state index contributed by atoms with van der Waals surface area (Å²) in [4.78, 5) is 2.16. The maximum absolute atomic E-state index is 8.86. The van der Waals surface area contributed by atoms with Gasteiger partial charge in [0.05, 0.1) is 6.61 Å². The zero-order chi connectivity index (χ0) is 11.3. The van der Waals surface area contributed by atoms with E-state index in [-0.39, 0.29) is 12.0 Å². The lowest BCUT2D eigenvalue weighted by atomic mass is 9.84. The van der Waals surface area contributed by atoms with Gasteiger partial charge in [0.2, 0.25) is 0 Å². The number of aliphatic hydroxyl groups is 1. The Kier molecular flexibility index (Phi) is 4.30. The number of benzene rings is 1. The molecule has 0 atom stereocenters. The summed E-state index contributed by atoms with van der Waals surface area (Å²) in [6, 6.07) is 10.5. The van der Waals surface area contributed by atoms with Crippen LogP contribution in [0.2, 0.25) is 0 Å². The summed E-state index contributed by atoms with van der Waals surface area (Å²) < 4.78 is 0. The Morgan fingerprint density at radius 2 is 1.80 bits per heavy atom. The predicted molar refractivity (Wildman–Crippen MR) is 64.1 cm³/mol. The van der Waals surface area contributed by atoms with Gasteiger partial charge in [0, 0.05) is 18.5 Å². The smallest absolute Gasteiger partial charge is 0.0558 e. The van der Waals surface area contributed by atoms with Crippen LogP contribution in [0.5, 0.6) is 0 Å². The summed E-state index contributed by atoms with van der Waals surface area (Å²) in [5.74, 6) is 0. The van der Waals surface area contributed by atoms with Crippen molar-refractivity contribution >= 4 is 0 Å². The second-order valence-corrected chi connectivity index (χ2v) is 4.71. The zero-order valence-corrected chi connectivity index (χ0v) is 9.90. The predicted octanol–water partition coefficient (Wildman–Crippen LogP) is 1.89. The van der Waals surface area contributed by atoms with Crippen LogP contribution in [-0.4, -0.2) is 36.8 Å². The number of hydrogen-bond donors (Lipinski definition) is 1. The summed E-state index contributed by atoms with van der Waals surface area (Å²) in [5.41, 5.74) is 1.47. The van der Waals surface area contributed by atoms with Gasteiger partial charge in [-0.1, -0.05) is 44.2 Å². The number of likely N-dealkylation sites (N-methyl/N-ethyl adjacent to an activating group) is 1. The minimum absolute atomic E-state index is 0.130. The molecule has 0 bridgehead atoms. The van der Waals surface area contributed by atoms with Crippen LogP contribution in [0.4, 0.5) is 0 Å². The Balaban J connectivity index is 2.67. The third kappa shape index (κ3) is 3.65. The van der Waals surface area contributed by atoms with Gasteiger partial charge >= 0.3 is 0 Å². The van der Waals surface area contributed by atoms with E-state index in [4.69, 9.17) is 5.11 Å². The lowest BCUT2D eigenvalue weighted by Gasteiger charge is -2.30. The molecule has 0 saturated heterocycles. The average molecular weight is 207 g/mol. The van der Waals surface area contributed by atoms with Crippen molar-refractivity contribution in [1.82, 2.24) is 4.90 Å². The minimum Gasteiger partial charge on any atom is -0.395 e. The fraction of sp³-hybridized carbons (Fsp3) is 0.538. The summed E-state index contributed by atoms with van der Waals surface area (Å²) in [7, 11) is 2.04. The van der Waals surface area contributed by atoms with Gasteiger partial charge < -0.3 is 10.0 Å². The number of aliphatic hydroxyl groups excluding tert-OH is 1. The average Bonchev–Trinajstić information content (AvgIpc) is 2.18. The van der Waals surface area contributed by atoms with Crippen molar-refractivity contribution in [3.63, 3.8) is 0 Å². The van der Waals surface area contributed by atoms with Crippen LogP contribution in [0.15, 0.2) is 30.3 Å². The maximum Gasteiger partial charge on any atom is 0.0558 e. The van der Waals surface area contributed by atoms with Crippen molar-refractivity contribution in [1.29, 1.82) is 0 Å². The second kappa shape index (κ2) is 5.29. The highest BCUT2D eigenvalue weighted by Crippen LogP contribution is 2.23.